The summed E-state index contributed by atoms with van der Waals surface area (Å²) >= 11 is 0. The van der Waals surface area contributed by atoms with Crippen molar-refractivity contribution in [3.05, 3.63) is 30.5 Å². The lowest BCUT2D eigenvalue weighted by atomic mass is 10.3. The Labute approximate surface area is 106 Å². The summed E-state index contributed by atoms with van der Waals surface area (Å²) in [5.74, 6) is 2.20. The molecule has 0 aliphatic carbocycles. The predicted molar refractivity (Wildman–Crippen MR) is 68.6 cm³/mol. The predicted octanol–water partition coefficient (Wildman–Crippen LogP) is 1.64. The second-order valence-electron chi connectivity index (χ2n) is 3.72. The zero-order valence-electron chi connectivity index (χ0n) is 10.4. The Bertz CT molecular complexity index is 457. The average Bonchev–Trinajstić information content (AvgIpc) is 2.89. The lowest BCUT2D eigenvalue weighted by Crippen LogP contribution is -2.07. The number of aromatic amines is 1. The van der Waals surface area contributed by atoms with Gasteiger partial charge < -0.3 is 15.0 Å². The van der Waals surface area contributed by atoms with Gasteiger partial charge in [0.1, 0.15) is 5.82 Å². The Morgan fingerprint density at radius 3 is 3.06 bits per heavy atom. The molecule has 0 saturated carbocycles. The minimum atomic E-state index is 0.598. The highest BCUT2D eigenvalue weighted by atomic mass is 16.5. The van der Waals surface area contributed by atoms with Gasteiger partial charge >= 0.3 is 0 Å². The zero-order valence-corrected chi connectivity index (χ0v) is 10.4. The van der Waals surface area contributed by atoms with Crippen LogP contribution in [0.15, 0.2) is 24.7 Å². The molecular weight excluding hydrogens is 230 g/mol. The van der Waals surface area contributed by atoms with Crippen LogP contribution in [0, 0.1) is 0 Å². The van der Waals surface area contributed by atoms with Crippen LogP contribution in [0.2, 0.25) is 0 Å². The van der Waals surface area contributed by atoms with Gasteiger partial charge in [0.25, 0.3) is 0 Å². The summed E-state index contributed by atoms with van der Waals surface area (Å²) in [5.41, 5.74) is 0. The van der Waals surface area contributed by atoms with Crippen LogP contribution >= 0.6 is 0 Å². The molecule has 0 aromatic carbocycles. The number of hydrogen-bond acceptors (Lipinski definition) is 5. The summed E-state index contributed by atoms with van der Waals surface area (Å²) in [6.45, 7) is 3.34. The topological polar surface area (TPSA) is 75.7 Å². The van der Waals surface area contributed by atoms with Crippen LogP contribution in [0.4, 0.5) is 5.95 Å². The molecule has 2 N–H and O–H groups in total. The molecule has 0 aliphatic rings. The van der Waals surface area contributed by atoms with Crippen molar-refractivity contribution in [1.82, 2.24) is 19.9 Å². The number of nitrogens with zero attached hydrogens (tertiary/aromatic N) is 3. The molecule has 0 fully saturated rings. The van der Waals surface area contributed by atoms with Crippen LogP contribution in [0.5, 0.6) is 5.88 Å². The first-order chi connectivity index (χ1) is 8.88. The molecule has 2 heterocycles. The first-order valence-electron chi connectivity index (χ1n) is 6.06. The van der Waals surface area contributed by atoms with Gasteiger partial charge in [0.2, 0.25) is 11.8 Å². The molecule has 0 radical (unpaired) electrons. The fourth-order valence-electron chi connectivity index (χ4n) is 1.55. The van der Waals surface area contributed by atoms with Crippen molar-refractivity contribution in [3.8, 4) is 5.88 Å². The number of ether oxygens (including phenoxy) is 1. The third kappa shape index (κ3) is 3.73. The smallest absolute Gasteiger partial charge is 0.225 e. The standard InChI is InChI=1S/C12H17N5O/c1-2-18-11-5-7-16-12(17-11)15-6-3-4-10-13-8-9-14-10/h5,7-9H,2-4,6H2,1H3,(H,13,14)(H,15,16,17). The van der Waals surface area contributed by atoms with E-state index in [1.165, 1.54) is 0 Å². The van der Waals surface area contributed by atoms with Gasteiger partial charge in [0.15, 0.2) is 0 Å². The maximum absolute atomic E-state index is 5.31. The molecule has 6 heteroatoms. The van der Waals surface area contributed by atoms with E-state index in [2.05, 4.69) is 25.3 Å². The minimum absolute atomic E-state index is 0.598. The molecule has 2 aromatic heterocycles. The van der Waals surface area contributed by atoms with E-state index >= 15 is 0 Å². The van der Waals surface area contributed by atoms with Crippen molar-refractivity contribution < 1.29 is 4.74 Å². The lowest BCUT2D eigenvalue weighted by Gasteiger charge is -2.06. The van der Waals surface area contributed by atoms with Crippen LogP contribution < -0.4 is 10.1 Å². The van der Waals surface area contributed by atoms with Crippen molar-refractivity contribution in [3.63, 3.8) is 0 Å². The Kier molecular flexibility index (Phi) is 4.52. The Hall–Kier alpha value is -2.11. The number of aromatic nitrogens is 4. The number of rotatable bonds is 7. The second-order valence-corrected chi connectivity index (χ2v) is 3.72. The number of aryl methyl sites for hydroxylation is 1. The average molecular weight is 247 g/mol. The number of nitrogens with one attached hydrogen (secondary N) is 2. The lowest BCUT2D eigenvalue weighted by molar-refractivity contribution is 0.326. The van der Waals surface area contributed by atoms with Gasteiger partial charge in [-0.3, -0.25) is 0 Å². The molecule has 6 nitrogen and oxygen atoms in total. The van der Waals surface area contributed by atoms with Gasteiger partial charge in [-0.1, -0.05) is 0 Å². The molecule has 2 rings (SSSR count). The van der Waals surface area contributed by atoms with Crippen LogP contribution in [0.3, 0.4) is 0 Å². The Morgan fingerprint density at radius 1 is 1.33 bits per heavy atom. The van der Waals surface area contributed by atoms with E-state index in [9.17, 15) is 0 Å². The van der Waals surface area contributed by atoms with E-state index in [4.69, 9.17) is 4.74 Å². The van der Waals surface area contributed by atoms with E-state index in [1.54, 1.807) is 18.5 Å². The SMILES string of the molecule is CCOc1ccnc(NCCCc2ncc[nH]2)n1. The van der Waals surface area contributed by atoms with Gasteiger partial charge in [-0.2, -0.15) is 4.98 Å². The van der Waals surface area contributed by atoms with Crippen molar-refractivity contribution in [2.45, 2.75) is 19.8 Å². The number of anilines is 1. The summed E-state index contributed by atoms with van der Waals surface area (Å²) in [6, 6.07) is 1.75. The Morgan fingerprint density at radius 2 is 2.28 bits per heavy atom. The van der Waals surface area contributed by atoms with Gasteiger partial charge in [-0.05, 0) is 13.3 Å². The molecule has 0 amide bonds. The zero-order chi connectivity index (χ0) is 12.6. The van der Waals surface area contributed by atoms with Crippen LogP contribution in [0.25, 0.3) is 0 Å². The Balaban J connectivity index is 1.74. The molecule has 96 valence electrons. The summed E-state index contributed by atoms with van der Waals surface area (Å²) in [4.78, 5) is 15.6. The maximum Gasteiger partial charge on any atom is 0.225 e. The normalized spacial score (nSPS) is 10.3. The van der Waals surface area contributed by atoms with E-state index < -0.39 is 0 Å². The van der Waals surface area contributed by atoms with E-state index in [1.807, 2.05) is 13.1 Å². The number of hydrogen-bond donors (Lipinski definition) is 2. The second kappa shape index (κ2) is 6.58. The van der Waals surface area contributed by atoms with Crippen molar-refractivity contribution in [1.29, 1.82) is 0 Å². The molecule has 0 aliphatic heterocycles. The quantitative estimate of drug-likeness (QED) is 0.727. The van der Waals surface area contributed by atoms with Crippen molar-refractivity contribution >= 4 is 5.95 Å². The highest BCUT2D eigenvalue weighted by molar-refractivity contribution is 5.27. The van der Waals surface area contributed by atoms with Gasteiger partial charge in [0.05, 0.1) is 6.61 Å². The number of H-pyrrole nitrogens is 1. The first kappa shape index (κ1) is 12.3. The molecule has 0 bridgehead atoms. The fourth-order valence-corrected chi connectivity index (χ4v) is 1.55. The van der Waals surface area contributed by atoms with Gasteiger partial charge in [-0.15, -0.1) is 0 Å². The van der Waals surface area contributed by atoms with Gasteiger partial charge in [0, 0.05) is 37.6 Å². The summed E-state index contributed by atoms with van der Waals surface area (Å²) in [5, 5.41) is 3.16. The summed E-state index contributed by atoms with van der Waals surface area (Å²) < 4.78 is 5.31. The summed E-state index contributed by atoms with van der Waals surface area (Å²) in [7, 11) is 0. The molecule has 0 atom stereocenters. The largest absolute Gasteiger partial charge is 0.478 e. The van der Waals surface area contributed by atoms with Crippen LogP contribution in [-0.4, -0.2) is 33.1 Å². The molecule has 2 aromatic rings. The van der Waals surface area contributed by atoms with Crippen LogP contribution in [-0.2, 0) is 6.42 Å². The van der Waals surface area contributed by atoms with Gasteiger partial charge in [-0.25, -0.2) is 9.97 Å². The maximum atomic E-state index is 5.31. The van der Waals surface area contributed by atoms with E-state index in [0.717, 1.165) is 25.2 Å². The highest BCUT2D eigenvalue weighted by Gasteiger charge is 1.99. The molecule has 0 unspecified atom stereocenters. The van der Waals surface area contributed by atoms with Crippen LogP contribution in [0.1, 0.15) is 19.2 Å². The minimum Gasteiger partial charge on any atom is -0.478 e. The third-order valence-corrected chi connectivity index (χ3v) is 2.35. The van der Waals surface area contributed by atoms with Crippen molar-refractivity contribution in [2.24, 2.45) is 0 Å². The third-order valence-electron chi connectivity index (χ3n) is 2.35. The molecule has 0 spiro atoms. The molecular formula is C12H17N5O. The molecule has 18 heavy (non-hydrogen) atoms. The fraction of sp³-hybridized carbons (Fsp3) is 0.417. The van der Waals surface area contributed by atoms with E-state index in [0.29, 0.717) is 18.4 Å². The first-order valence-corrected chi connectivity index (χ1v) is 6.06. The number of imidazole rings is 1. The summed E-state index contributed by atoms with van der Waals surface area (Å²) in [6.07, 6.45) is 7.16. The van der Waals surface area contributed by atoms with Crippen molar-refractivity contribution in [2.75, 3.05) is 18.5 Å². The van der Waals surface area contributed by atoms with E-state index in [-0.39, 0.29) is 0 Å². The highest BCUT2D eigenvalue weighted by Crippen LogP contribution is 2.08. The monoisotopic (exact) mass is 247 g/mol. The molecule has 0 saturated heterocycles.